The Morgan fingerprint density at radius 2 is 1.84 bits per heavy atom. The summed E-state index contributed by atoms with van der Waals surface area (Å²) in [4.78, 5) is 17.1. The maximum atomic E-state index is 12.3. The zero-order chi connectivity index (χ0) is 22.5. The summed E-state index contributed by atoms with van der Waals surface area (Å²) in [5.74, 6) is 1.52. The number of hydrogen-bond donors (Lipinski definition) is 1. The van der Waals surface area contributed by atoms with E-state index in [1.807, 2.05) is 74.5 Å². The van der Waals surface area contributed by atoms with Gasteiger partial charge in [0.05, 0.1) is 11.0 Å². The number of hydrogen-bond acceptors (Lipinski definition) is 3. The zero-order valence-electron chi connectivity index (χ0n) is 18.3. The molecule has 0 atom stereocenters. The predicted molar refractivity (Wildman–Crippen MR) is 128 cm³/mol. The van der Waals surface area contributed by atoms with Gasteiger partial charge in [0.25, 0.3) is 5.91 Å². The molecular formula is C26H26ClN3O2. The smallest absolute Gasteiger partial charge is 0.257 e. The highest BCUT2D eigenvalue weighted by atomic mass is 35.5. The summed E-state index contributed by atoms with van der Waals surface area (Å²) in [6.45, 7) is 5.14. The number of amides is 1. The maximum Gasteiger partial charge on any atom is 0.257 e. The normalized spacial score (nSPS) is 11.0. The van der Waals surface area contributed by atoms with Crippen LogP contribution in [0.3, 0.4) is 0 Å². The minimum atomic E-state index is -0.147. The lowest BCUT2D eigenvalue weighted by Crippen LogP contribution is -2.31. The van der Waals surface area contributed by atoms with Crippen molar-refractivity contribution in [3.05, 3.63) is 94.3 Å². The predicted octanol–water partition coefficient (Wildman–Crippen LogP) is 5.09. The number of aryl methyl sites for hydroxylation is 2. The third-order valence-corrected chi connectivity index (χ3v) is 5.61. The van der Waals surface area contributed by atoms with Crippen LogP contribution >= 0.6 is 11.6 Å². The molecule has 0 aliphatic heterocycles. The summed E-state index contributed by atoms with van der Waals surface area (Å²) in [6, 6.07) is 21.9. The molecule has 0 aliphatic carbocycles. The van der Waals surface area contributed by atoms with Gasteiger partial charge in [0.2, 0.25) is 0 Å². The van der Waals surface area contributed by atoms with Crippen LogP contribution in [0.5, 0.6) is 5.75 Å². The molecule has 5 nitrogen and oxygen atoms in total. The van der Waals surface area contributed by atoms with E-state index in [0.29, 0.717) is 19.5 Å². The second-order valence-corrected chi connectivity index (χ2v) is 8.32. The Labute approximate surface area is 193 Å². The van der Waals surface area contributed by atoms with E-state index in [1.54, 1.807) is 0 Å². The van der Waals surface area contributed by atoms with Crippen molar-refractivity contribution in [2.45, 2.75) is 26.8 Å². The lowest BCUT2D eigenvalue weighted by Gasteiger charge is -2.12. The molecule has 1 aromatic heterocycles. The fourth-order valence-electron chi connectivity index (χ4n) is 3.64. The van der Waals surface area contributed by atoms with E-state index in [9.17, 15) is 4.79 Å². The second-order valence-electron chi connectivity index (χ2n) is 7.89. The van der Waals surface area contributed by atoms with Gasteiger partial charge in [0, 0.05) is 24.5 Å². The van der Waals surface area contributed by atoms with Crippen LogP contribution in [0, 0.1) is 13.8 Å². The highest BCUT2D eigenvalue weighted by molar-refractivity contribution is 6.30. The van der Waals surface area contributed by atoms with E-state index in [4.69, 9.17) is 21.3 Å². The van der Waals surface area contributed by atoms with E-state index in [2.05, 4.69) is 16.0 Å². The van der Waals surface area contributed by atoms with Gasteiger partial charge in [-0.2, -0.15) is 0 Å². The van der Waals surface area contributed by atoms with E-state index in [1.165, 1.54) is 0 Å². The lowest BCUT2D eigenvalue weighted by molar-refractivity contribution is -0.123. The molecule has 0 spiro atoms. The van der Waals surface area contributed by atoms with Gasteiger partial charge in [0.15, 0.2) is 6.61 Å². The molecule has 0 saturated carbocycles. The Bertz CT molecular complexity index is 1230. The van der Waals surface area contributed by atoms with Crippen LogP contribution in [0.4, 0.5) is 0 Å². The minimum Gasteiger partial charge on any atom is -0.483 e. The number of ether oxygens (including phenoxy) is 1. The van der Waals surface area contributed by atoms with Gasteiger partial charge in [-0.25, -0.2) is 4.98 Å². The number of nitrogens with zero attached hydrogens (tertiary/aromatic N) is 2. The first kappa shape index (κ1) is 21.9. The molecule has 0 unspecified atom stereocenters. The molecule has 4 rings (SSSR count). The van der Waals surface area contributed by atoms with E-state index >= 15 is 0 Å². The van der Waals surface area contributed by atoms with Gasteiger partial charge in [-0.1, -0.05) is 48.0 Å². The molecule has 0 bridgehead atoms. The molecule has 32 heavy (non-hydrogen) atoms. The van der Waals surface area contributed by atoms with Crippen molar-refractivity contribution in [1.29, 1.82) is 0 Å². The fourth-order valence-corrected chi connectivity index (χ4v) is 3.76. The number of nitrogens with one attached hydrogen (secondary N) is 1. The van der Waals surface area contributed by atoms with Crippen molar-refractivity contribution in [3.63, 3.8) is 0 Å². The quantitative estimate of drug-likeness (QED) is 0.409. The largest absolute Gasteiger partial charge is 0.483 e. The van der Waals surface area contributed by atoms with Gasteiger partial charge in [-0.05, 0) is 60.9 Å². The first-order chi connectivity index (χ1) is 15.5. The Balaban J connectivity index is 1.40. The number of carbonyl (C=O) groups excluding carboxylic acids is 1. The molecule has 1 amide bonds. The van der Waals surface area contributed by atoms with Gasteiger partial charge in [-0.15, -0.1) is 0 Å². The van der Waals surface area contributed by atoms with Gasteiger partial charge < -0.3 is 14.6 Å². The Hall–Kier alpha value is -3.31. The number of rotatable bonds is 8. The topological polar surface area (TPSA) is 56.1 Å². The average molecular weight is 448 g/mol. The van der Waals surface area contributed by atoms with Crippen molar-refractivity contribution >= 4 is 28.5 Å². The molecular weight excluding hydrogens is 422 g/mol. The number of aromatic nitrogens is 2. The molecule has 0 fully saturated rings. The van der Waals surface area contributed by atoms with Crippen LogP contribution < -0.4 is 10.1 Å². The van der Waals surface area contributed by atoms with E-state index in [-0.39, 0.29) is 12.5 Å². The first-order valence-corrected chi connectivity index (χ1v) is 11.0. The average Bonchev–Trinajstić information content (AvgIpc) is 3.13. The van der Waals surface area contributed by atoms with Crippen molar-refractivity contribution in [3.8, 4) is 5.75 Å². The number of carbonyl (C=O) groups is 1. The molecule has 0 radical (unpaired) electrons. The number of benzene rings is 3. The maximum absolute atomic E-state index is 12.3. The van der Waals surface area contributed by atoms with Crippen molar-refractivity contribution in [2.75, 3.05) is 13.2 Å². The molecule has 6 heteroatoms. The SMILES string of the molecule is Cc1ccc(C)c(OCC(=O)NCCc2nc3ccccc3n2Cc2ccc(Cl)cc2)c1. The molecule has 164 valence electrons. The highest BCUT2D eigenvalue weighted by Gasteiger charge is 2.12. The van der Waals surface area contributed by atoms with E-state index < -0.39 is 0 Å². The molecule has 4 aromatic rings. The van der Waals surface area contributed by atoms with Crippen LogP contribution in [0.25, 0.3) is 11.0 Å². The summed E-state index contributed by atoms with van der Waals surface area (Å²) in [7, 11) is 0. The fraction of sp³-hybridized carbons (Fsp3) is 0.231. The van der Waals surface area contributed by atoms with Gasteiger partial charge in [0.1, 0.15) is 11.6 Å². The number of para-hydroxylation sites is 2. The molecule has 3 aromatic carbocycles. The van der Waals surface area contributed by atoms with Crippen molar-refractivity contribution < 1.29 is 9.53 Å². The zero-order valence-corrected chi connectivity index (χ0v) is 19.0. The van der Waals surface area contributed by atoms with Crippen molar-refractivity contribution in [1.82, 2.24) is 14.9 Å². The molecule has 1 heterocycles. The standard InChI is InChI=1S/C26H26ClN3O2/c1-18-7-8-19(2)24(15-18)32-17-26(31)28-14-13-25-29-22-5-3-4-6-23(22)30(25)16-20-9-11-21(27)12-10-20/h3-12,15H,13-14,16-17H2,1-2H3,(H,28,31). The van der Waals surface area contributed by atoms with E-state index in [0.717, 1.165) is 44.3 Å². The first-order valence-electron chi connectivity index (χ1n) is 10.6. The summed E-state index contributed by atoms with van der Waals surface area (Å²) < 4.78 is 7.89. The van der Waals surface area contributed by atoms with Crippen molar-refractivity contribution in [2.24, 2.45) is 0 Å². The minimum absolute atomic E-state index is 0.00845. The van der Waals surface area contributed by atoms with Crippen LogP contribution in [0.2, 0.25) is 5.02 Å². The molecule has 0 saturated heterocycles. The van der Waals surface area contributed by atoms with Crippen LogP contribution in [-0.4, -0.2) is 28.6 Å². The summed E-state index contributed by atoms with van der Waals surface area (Å²) in [5.41, 5.74) is 5.28. The van der Waals surface area contributed by atoms with Crippen LogP contribution in [-0.2, 0) is 17.8 Å². The van der Waals surface area contributed by atoms with Crippen LogP contribution in [0.1, 0.15) is 22.5 Å². The lowest BCUT2D eigenvalue weighted by atomic mass is 10.1. The Kier molecular flexibility index (Phi) is 6.76. The molecule has 0 aliphatic rings. The monoisotopic (exact) mass is 447 g/mol. The number of fused-ring (bicyclic) bond motifs is 1. The Morgan fingerprint density at radius 1 is 1.06 bits per heavy atom. The van der Waals surface area contributed by atoms with Gasteiger partial charge in [-0.3, -0.25) is 4.79 Å². The second kappa shape index (κ2) is 9.88. The van der Waals surface area contributed by atoms with Gasteiger partial charge >= 0.3 is 0 Å². The third-order valence-electron chi connectivity index (χ3n) is 5.36. The van der Waals surface area contributed by atoms with Crippen LogP contribution in [0.15, 0.2) is 66.7 Å². The molecule has 1 N–H and O–H groups in total. The summed E-state index contributed by atoms with van der Waals surface area (Å²) in [6.07, 6.45) is 0.623. The Morgan fingerprint density at radius 3 is 2.66 bits per heavy atom. The number of imidazole rings is 1. The number of halogens is 1. The third kappa shape index (κ3) is 5.29. The summed E-state index contributed by atoms with van der Waals surface area (Å²) >= 11 is 6.03. The highest BCUT2D eigenvalue weighted by Crippen LogP contribution is 2.20. The summed E-state index contributed by atoms with van der Waals surface area (Å²) in [5, 5.41) is 3.66.